The molecule has 1 aromatic rings. The van der Waals surface area contributed by atoms with E-state index in [2.05, 4.69) is 10.4 Å². The summed E-state index contributed by atoms with van der Waals surface area (Å²) in [5, 5.41) is 6.94. The lowest BCUT2D eigenvalue weighted by atomic mass is 9.46. The van der Waals surface area contributed by atoms with Crippen LogP contribution in [0.1, 0.15) is 26.7 Å². The normalized spacial score (nSPS) is 35.0. The van der Waals surface area contributed by atoms with Crippen molar-refractivity contribution in [1.29, 1.82) is 0 Å². The maximum absolute atomic E-state index is 12.7. The predicted octanol–water partition coefficient (Wildman–Crippen LogP) is 0.891. The quantitative estimate of drug-likeness (QED) is 0.841. The molecule has 1 aromatic heterocycles. The molecule has 1 aliphatic carbocycles. The molecule has 1 saturated heterocycles. The minimum atomic E-state index is -0.881. The topological polar surface area (TPSA) is 82.2 Å². The Morgan fingerprint density at radius 3 is 3.00 bits per heavy atom. The second-order valence-corrected chi connectivity index (χ2v) is 6.49. The number of aromatic nitrogens is 2. The Labute approximate surface area is 118 Å². The number of anilines is 1. The molecule has 1 saturated carbocycles. The van der Waals surface area contributed by atoms with Gasteiger partial charge < -0.3 is 15.8 Å². The third-order valence-electron chi connectivity index (χ3n) is 5.02. The summed E-state index contributed by atoms with van der Waals surface area (Å²) in [5.41, 5.74) is 5.96. The fourth-order valence-corrected chi connectivity index (χ4v) is 3.76. The van der Waals surface area contributed by atoms with Gasteiger partial charge in [-0.2, -0.15) is 5.10 Å². The average Bonchev–Trinajstić information content (AvgIpc) is 2.83. The number of ether oxygens (including phenoxy) is 1. The van der Waals surface area contributed by atoms with E-state index in [9.17, 15) is 4.79 Å². The van der Waals surface area contributed by atoms with Gasteiger partial charge in [-0.1, -0.05) is 13.8 Å². The first kappa shape index (κ1) is 13.6. The van der Waals surface area contributed by atoms with Crippen LogP contribution in [0.2, 0.25) is 0 Å². The highest BCUT2D eigenvalue weighted by molar-refractivity contribution is 6.00. The number of amides is 1. The van der Waals surface area contributed by atoms with Crippen LogP contribution in [-0.2, 0) is 16.6 Å². The highest BCUT2D eigenvalue weighted by Crippen LogP contribution is 2.57. The summed E-state index contributed by atoms with van der Waals surface area (Å²) in [7, 11) is 1.81. The van der Waals surface area contributed by atoms with Gasteiger partial charge >= 0.3 is 0 Å². The molecular formula is C14H22N4O2. The van der Waals surface area contributed by atoms with Crippen LogP contribution >= 0.6 is 0 Å². The van der Waals surface area contributed by atoms with Crippen LogP contribution in [-0.4, -0.2) is 33.9 Å². The maximum Gasteiger partial charge on any atom is 0.245 e. The number of hydrogen-bond donors (Lipinski definition) is 2. The van der Waals surface area contributed by atoms with Crippen molar-refractivity contribution < 1.29 is 9.53 Å². The third-order valence-corrected chi connectivity index (χ3v) is 5.02. The van der Waals surface area contributed by atoms with E-state index in [1.165, 1.54) is 0 Å². The van der Waals surface area contributed by atoms with E-state index in [4.69, 9.17) is 10.5 Å². The van der Waals surface area contributed by atoms with Crippen LogP contribution in [0.4, 0.5) is 5.69 Å². The van der Waals surface area contributed by atoms with E-state index >= 15 is 0 Å². The van der Waals surface area contributed by atoms with Gasteiger partial charge in [0.25, 0.3) is 0 Å². The second kappa shape index (κ2) is 4.30. The molecule has 1 amide bonds. The summed E-state index contributed by atoms with van der Waals surface area (Å²) in [6.45, 7) is 4.80. The molecule has 0 aromatic carbocycles. The highest BCUT2D eigenvalue weighted by Gasteiger charge is 2.70. The van der Waals surface area contributed by atoms with Gasteiger partial charge in [-0.3, -0.25) is 9.48 Å². The van der Waals surface area contributed by atoms with Crippen molar-refractivity contribution in [2.45, 2.75) is 38.3 Å². The van der Waals surface area contributed by atoms with E-state index in [1.54, 1.807) is 17.1 Å². The van der Waals surface area contributed by atoms with Crippen LogP contribution in [0.25, 0.3) is 0 Å². The first-order valence-electron chi connectivity index (χ1n) is 7.08. The molecule has 1 aliphatic heterocycles. The molecule has 6 nitrogen and oxygen atoms in total. The number of aryl methyl sites for hydroxylation is 1. The zero-order chi connectivity index (χ0) is 14.5. The Morgan fingerprint density at radius 2 is 2.35 bits per heavy atom. The Hall–Kier alpha value is -1.40. The number of nitrogens with two attached hydrogens (primary N) is 1. The molecule has 20 heavy (non-hydrogen) atoms. The van der Waals surface area contributed by atoms with Crippen molar-refractivity contribution in [2.75, 3.05) is 11.9 Å². The lowest BCUT2D eigenvalue weighted by Gasteiger charge is -2.65. The Kier molecular flexibility index (Phi) is 2.92. The molecule has 3 rings (SSSR count). The number of rotatable bonds is 2. The molecule has 3 atom stereocenters. The van der Waals surface area contributed by atoms with Crippen LogP contribution in [0.3, 0.4) is 0 Å². The van der Waals surface area contributed by atoms with Gasteiger partial charge in [-0.05, 0) is 12.8 Å². The van der Waals surface area contributed by atoms with Crippen molar-refractivity contribution in [3.8, 4) is 0 Å². The van der Waals surface area contributed by atoms with Crippen molar-refractivity contribution in [1.82, 2.24) is 9.78 Å². The minimum absolute atomic E-state index is 0.0842. The molecule has 2 aliphatic rings. The summed E-state index contributed by atoms with van der Waals surface area (Å²) in [4.78, 5) is 12.7. The number of nitrogens with zero attached hydrogens (tertiary/aromatic N) is 2. The lowest BCUT2D eigenvalue weighted by molar-refractivity contribution is -0.222. The van der Waals surface area contributed by atoms with Gasteiger partial charge in [0.05, 0.1) is 18.0 Å². The molecule has 3 unspecified atom stereocenters. The van der Waals surface area contributed by atoms with Crippen molar-refractivity contribution in [3.63, 3.8) is 0 Å². The van der Waals surface area contributed by atoms with E-state index in [-0.39, 0.29) is 23.3 Å². The first-order valence-corrected chi connectivity index (χ1v) is 7.08. The molecule has 0 spiro atoms. The standard InChI is InChI=1S/C14H22N4O2/c1-13(2)11-10(5-4-6-20-11)14(13,15)12(19)17-9-7-16-18(3)8-9/h7-8,10-11H,4-6,15H2,1-3H3,(H,17,19). The van der Waals surface area contributed by atoms with Gasteiger partial charge in [0.2, 0.25) is 5.91 Å². The molecule has 110 valence electrons. The van der Waals surface area contributed by atoms with E-state index < -0.39 is 5.54 Å². The van der Waals surface area contributed by atoms with E-state index in [0.29, 0.717) is 5.69 Å². The number of carbonyl (C=O) groups excluding carboxylic acids is 1. The van der Waals surface area contributed by atoms with E-state index in [0.717, 1.165) is 19.4 Å². The van der Waals surface area contributed by atoms with Gasteiger partial charge in [0, 0.05) is 31.2 Å². The van der Waals surface area contributed by atoms with Gasteiger partial charge in [0.1, 0.15) is 5.54 Å². The Morgan fingerprint density at radius 1 is 1.60 bits per heavy atom. The number of hydrogen-bond acceptors (Lipinski definition) is 4. The van der Waals surface area contributed by atoms with Crippen LogP contribution in [0, 0.1) is 11.3 Å². The second-order valence-electron chi connectivity index (χ2n) is 6.49. The van der Waals surface area contributed by atoms with Gasteiger partial charge in [-0.25, -0.2) is 0 Å². The highest BCUT2D eigenvalue weighted by atomic mass is 16.5. The lowest BCUT2D eigenvalue weighted by Crippen LogP contribution is -2.81. The molecule has 2 fully saturated rings. The van der Waals surface area contributed by atoms with Crippen molar-refractivity contribution >= 4 is 11.6 Å². The SMILES string of the molecule is Cn1cc(NC(=O)C2(N)C3CCCOC3C2(C)C)cn1. The predicted molar refractivity (Wildman–Crippen MR) is 75.0 cm³/mol. The van der Waals surface area contributed by atoms with Gasteiger partial charge in [-0.15, -0.1) is 0 Å². The molecule has 3 N–H and O–H groups in total. The number of carbonyl (C=O) groups is 1. The zero-order valence-corrected chi connectivity index (χ0v) is 12.2. The van der Waals surface area contributed by atoms with Crippen molar-refractivity contribution in [3.05, 3.63) is 12.4 Å². The molecular weight excluding hydrogens is 256 g/mol. The van der Waals surface area contributed by atoms with Crippen LogP contribution < -0.4 is 11.1 Å². The van der Waals surface area contributed by atoms with Crippen LogP contribution in [0.15, 0.2) is 12.4 Å². The smallest absolute Gasteiger partial charge is 0.245 e. The summed E-state index contributed by atoms with van der Waals surface area (Å²) >= 11 is 0. The average molecular weight is 278 g/mol. The Balaban J connectivity index is 1.82. The largest absolute Gasteiger partial charge is 0.377 e. The molecule has 6 heteroatoms. The summed E-state index contributed by atoms with van der Waals surface area (Å²) < 4.78 is 7.47. The summed E-state index contributed by atoms with van der Waals surface area (Å²) in [6.07, 6.45) is 5.39. The fourth-order valence-electron chi connectivity index (χ4n) is 3.76. The van der Waals surface area contributed by atoms with Crippen LogP contribution in [0.5, 0.6) is 0 Å². The fraction of sp³-hybridized carbons (Fsp3) is 0.714. The number of fused-ring (bicyclic) bond motifs is 1. The minimum Gasteiger partial charge on any atom is -0.377 e. The maximum atomic E-state index is 12.7. The van der Waals surface area contributed by atoms with E-state index in [1.807, 2.05) is 20.9 Å². The first-order chi connectivity index (χ1) is 9.37. The summed E-state index contributed by atoms with van der Waals surface area (Å²) in [6, 6.07) is 0. The molecule has 0 bridgehead atoms. The van der Waals surface area contributed by atoms with Gasteiger partial charge in [0.15, 0.2) is 0 Å². The monoisotopic (exact) mass is 278 g/mol. The molecule has 2 heterocycles. The zero-order valence-electron chi connectivity index (χ0n) is 12.2. The van der Waals surface area contributed by atoms with Crippen molar-refractivity contribution in [2.24, 2.45) is 24.1 Å². The summed E-state index contributed by atoms with van der Waals surface area (Å²) in [5.74, 6) is -0.0369. The Bertz CT molecular complexity index is 539. The molecule has 0 radical (unpaired) electrons. The number of nitrogens with one attached hydrogen (secondary N) is 1. The third kappa shape index (κ3) is 1.64.